The van der Waals surface area contributed by atoms with Crippen molar-refractivity contribution in [3.8, 4) is 0 Å². The Morgan fingerprint density at radius 3 is 2.35 bits per heavy atom. The number of benzene rings is 1. The van der Waals surface area contributed by atoms with Crippen LogP contribution in [0, 0.1) is 5.92 Å². The molecule has 1 aromatic heterocycles. The van der Waals surface area contributed by atoms with Crippen LogP contribution in [0.3, 0.4) is 0 Å². The zero-order valence-corrected chi connectivity index (χ0v) is 12.1. The molecule has 1 aliphatic heterocycles. The van der Waals surface area contributed by atoms with E-state index in [4.69, 9.17) is 0 Å². The number of aromatic nitrogens is 1. The van der Waals surface area contributed by atoms with Crippen LogP contribution < -0.4 is 0 Å². The van der Waals surface area contributed by atoms with Gasteiger partial charge in [-0.1, -0.05) is 43.3 Å². The molecule has 0 saturated carbocycles. The summed E-state index contributed by atoms with van der Waals surface area (Å²) in [6.45, 7) is 4.71. The van der Waals surface area contributed by atoms with Crippen LogP contribution in [0.25, 0.3) is 0 Å². The van der Waals surface area contributed by atoms with Crippen molar-refractivity contribution >= 4 is 0 Å². The van der Waals surface area contributed by atoms with Gasteiger partial charge in [-0.3, -0.25) is 9.88 Å². The minimum atomic E-state index is 0.345. The Labute approximate surface area is 121 Å². The largest absolute Gasteiger partial charge is 0.292 e. The Hall–Kier alpha value is -1.67. The van der Waals surface area contributed by atoms with Crippen LogP contribution in [-0.4, -0.2) is 23.0 Å². The van der Waals surface area contributed by atoms with Crippen molar-refractivity contribution < 1.29 is 0 Å². The van der Waals surface area contributed by atoms with Crippen molar-refractivity contribution in [3.63, 3.8) is 0 Å². The average molecular weight is 266 g/mol. The van der Waals surface area contributed by atoms with Crippen molar-refractivity contribution in [1.82, 2.24) is 9.88 Å². The summed E-state index contributed by atoms with van der Waals surface area (Å²) in [5.74, 6) is 0.858. The molecule has 104 valence electrons. The summed E-state index contributed by atoms with van der Waals surface area (Å²) in [6.07, 6.45) is 6.45. The third kappa shape index (κ3) is 2.91. The number of pyridine rings is 1. The Balaban J connectivity index is 1.92. The lowest BCUT2D eigenvalue weighted by Crippen LogP contribution is -2.36. The van der Waals surface area contributed by atoms with Crippen LogP contribution >= 0.6 is 0 Å². The molecular formula is C18H22N2. The molecule has 0 amide bonds. The van der Waals surface area contributed by atoms with Crippen LogP contribution in [0.4, 0.5) is 0 Å². The smallest absolute Gasteiger partial charge is 0.0617 e. The lowest BCUT2D eigenvalue weighted by Gasteiger charge is -2.37. The van der Waals surface area contributed by atoms with Crippen LogP contribution in [0.2, 0.25) is 0 Å². The highest BCUT2D eigenvalue weighted by Gasteiger charge is 2.25. The second kappa shape index (κ2) is 6.19. The molecule has 0 bridgehead atoms. The first kappa shape index (κ1) is 13.3. The zero-order chi connectivity index (χ0) is 13.8. The first-order valence-electron chi connectivity index (χ1n) is 7.53. The molecule has 1 aliphatic rings. The van der Waals surface area contributed by atoms with E-state index in [-0.39, 0.29) is 0 Å². The van der Waals surface area contributed by atoms with E-state index < -0.39 is 0 Å². The van der Waals surface area contributed by atoms with Gasteiger partial charge < -0.3 is 0 Å². The van der Waals surface area contributed by atoms with Gasteiger partial charge in [-0.2, -0.15) is 0 Å². The second-order valence-electron chi connectivity index (χ2n) is 5.82. The molecule has 0 spiro atoms. The normalized spacial score (nSPS) is 18.9. The minimum absolute atomic E-state index is 0.345. The first-order chi connectivity index (χ1) is 9.84. The zero-order valence-electron chi connectivity index (χ0n) is 12.1. The van der Waals surface area contributed by atoms with Crippen LogP contribution in [0.5, 0.6) is 0 Å². The molecule has 2 heterocycles. The number of hydrogen-bond donors (Lipinski definition) is 0. The van der Waals surface area contributed by atoms with Gasteiger partial charge in [0.2, 0.25) is 0 Å². The topological polar surface area (TPSA) is 16.1 Å². The summed E-state index contributed by atoms with van der Waals surface area (Å²) < 4.78 is 0. The third-order valence-corrected chi connectivity index (χ3v) is 4.30. The Morgan fingerprint density at radius 1 is 1.00 bits per heavy atom. The maximum Gasteiger partial charge on any atom is 0.0617 e. The molecule has 1 saturated heterocycles. The monoisotopic (exact) mass is 266 g/mol. The number of hydrogen-bond acceptors (Lipinski definition) is 2. The molecule has 1 atom stereocenters. The predicted octanol–water partition coefficient (Wildman–Crippen LogP) is 3.90. The SMILES string of the molecule is CC1CCN(C(c2ccccc2)c2cccnc2)CC1. The highest BCUT2D eigenvalue weighted by atomic mass is 15.2. The molecule has 2 aromatic rings. The van der Waals surface area contributed by atoms with Gasteiger partial charge in [-0.05, 0) is 49.0 Å². The Kier molecular flexibility index (Phi) is 4.12. The van der Waals surface area contributed by atoms with Gasteiger partial charge in [-0.15, -0.1) is 0 Å². The standard InChI is InChI=1S/C18H22N2/c1-15-9-12-20(13-10-15)18(16-6-3-2-4-7-16)17-8-5-11-19-14-17/h2-8,11,14-15,18H,9-10,12-13H2,1H3. The predicted molar refractivity (Wildman–Crippen MR) is 82.5 cm³/mol. The van der Waals surface area contributed by atoms with E-state index in [1.165, 1.54) is 37.1 Å². The molecule has 3 rings (SSSR count). The van der Waals surface area contributed by atoms with Gasteiger partial charge in [0.25, 0.3) is 0 Å². The molecule has 20 heavy (non-hydrogen) atoms. The van der Waals surface area contributed by atoms with Crippen LogP contribution in [0.15, 0.2) is 54.9 Å². The van der Waals surface area contributed by atoms with Gasteiger partial charge in [0, 0.05) is 12.4 Å². The van der Waals surface area contributed by atoms with Crippen LogP contribution in [0.1, 0.15) is 36.9 Å². The van der Waals surface area contributed by atoms with E-state index in [1.54, 1.807) is 0 Å². The van der Waals surface area contributed by atoms with Crippen molar-refractivity contribution in [1.29, 1.82) is 0 Å². The molecular weight excluding hydrogens is 244 g/mol. The summed E-state index contributed by atoms with van der Waals surface area (Å²) in [4.78, 5) is 6.92. The number of piperidine rings is 1. The summed E-state index contributed by atoms with van der Waals surface area (Å²) in [7, 11) is 0. The van der Waals surface area contributed by atoms with Gasteiger partial charge in [0.05, 0.1) is 6.04 Å². The van der Waals surface area contributed by atoms with E-state index in [2.05, 4.69) is 53.2 Å². The van der Waals surface area contributed by atoms with E-state index in [0.717, 1.165) is 5.92 Å². The summed E-state index contributed by atoms with van der Waals surface area (Å²) in [5.41, 5.74) is 2.67. The maximum atomic E-state index is 4.31. The van der Waals surface area contributed by atoms with Gasteiger partial charge in [0.1, 0.15) is 0 Å². The van der Waals surface area contributed by atoms with Gasteiger partial charge in [-0.25, -0.2) is 0 Å². The lowest BCUT2D eigenvalue weighted by molar-refractivity contribution is 0.157. The second-order valence-corrected chi connectivity index (χ2v) is 5.82. The van der Waals surface area contributed by atoms with E-state index in [9.17, 15) is 0 Å². The maximum absolute atomic E-state index is 4.31. The fourth-order valence-corrected chi connectivity index (χ4v) is 3.07. The Morgan fingerprint density at radius 2 is 1.70 bits per heavy atom. The van der Waals surface area contributed by atoms with Crippen molar-refractivity contribution in [3.05, 3.63) is 66.0 Å². The van der Waals surface area contributed by atoms with E-state index in [0.29, 0.717) is 6.04 Å². The molecule has 0 aliphatic carbocycles. The number of nitrogens with zero attached hydrogens (tertiary/aromatic N) is 2. The van der Waals surface area contributed by atoms with Gasteiger partial charge in [0.15, 0.2) is 0 Å². The van der Waals surface area contributed by atoms with Crippen LogP contribution in [-0.2, 0) is 0 Å². The minimum Gasteiger partial charge on any atom is -0.292 e. The lowest BCUT2D eigenvalue weighted by atomic mass is 9.93. The summed E-state index contributed by atoms with van der Waals surface area (Å²) in [6, 6.07) is 15.4. The highest BCUT2D eigenvalue weighted by Crippen LogP contribution is 2.31. The molecule has 1 unspecified atom stereocenters. The fraction of sp³-hybridized carbons (Fsp3) is 0.389. The first-order valence-corrected chi connectivity index (χ1v) is 7.53. The Bertz CT molecular complexity index is 476. The molecule has 2 nitrogen and oxygen atoms in total. The van der Waals surface area contributed by atoms with Crippen molar-refractivity contribution in [2.75, 3.05) is 13.1 Å². The third-order valence-electron chi connectivity index (χ3n) is 4.30. The summed E-state index contributed by atoms with van der Waals surface area (Å²) >= 11 is 0. The van der Waals surface area contributed by atoms with Gasteiger partial charge >= 0.3 is 0 Å². The molecule has 0 N–H and O–H groups in total. The summed E-state index contributed by atoms with van der Waals surface area (Å²) in [5, 5.41) is 0. The van der Waals surface area contributed by atoms with Crippen molar-refractivity contribution in [2.45, 2.75) is 25.8 Å². The van der Waals surface area contributed by atoms with E-state index in [1.807, 2.05) is 18.5 Å². The molecule has 2 heteroatoms. The number of rotatable bonds is 3. The molecule has 1 aromatic carbocycles. The quantitative estimate of drug-likeness (QED) is 0.837. The average Bonchev–Trinajstić information content (AvgIpc) is 2.52. The van der Waals surface area contributed by atoms with E-state index >= 15 is 0 Å². The fourth-order valence-electron chi connectivity index (χ4n) is 3.07. The molecule has 0 radical (unpaired) electrons. The van der Waals surface area contributed by atoms with Crippen molar-refractivity contribution in [2.24, 2.45) is 5.92 Å². The highest BCUT2D eigenvalue weighted by molar-refractivity contribution is 5.30. The number of likely N-dealkylation sites (tertiary alicyclic amines) is 1. The molecule has 1 fully saturated rings.